The van der Waals surface area contributed by atoms with Gasteiger partial charge < -0.3 is 81.0 Å². The third kappa shape index (κ3) is 20.3. The van der Waals surface area contributed by atoms with Gasteiger partial charge in [0.1, 0.15) is 48.3 Å². The molecule has 9 amide bonds. The number of hydrogen-bond acceptors (Lipinski definition) is 15. The lowest BCUT2D eigenvalue weighted by Gasteiger charge is -2.28. The molecule has 1 aromatic carbocycles. The van der Waals surface area contributed by atoms with Crippen molar-refractivity contribution in [2.24, 2.45) is 28.9 Å². The number of nitrogens with two attached hydrogens (primary N) is 4. The zero-order chi connectivity index (χ0) is 50.2. The highest BCUT2D eigenvalue weighted by Gasteiger charge is 2.36. The third-order valence-electron chi connectivity index (χ3n) is 10.5. The Balaban J connectivity index is 2.73. The highest BCUT2D eigenvalue weighted by atomic mass is 16.3. The van der Waals surface area contributed by atoms with Gasteiger partial charge in [-0.05, 0) is 90.0 Å². The average molecular weight is 948 g/mol. The van der Waals surface area contributed by atoms with Crippen molar-refractivity contribution in [1.82, 2.24) is 47.9 Å². The summed E-state index contributed by atoms with van der Waals surface area (Å²) >= 11 is 0. The molecule has 19 N–H and O–H groups in total. The fourth-order valence-corrected chi connectivity index (χ4v) is 7.04. The van der Waals surface area contributed by atoms with Gasteiger partial charge in [0, 0.05) is 13.0 Å². The van der Waals surface area contributed by atoms with E-state index >= 15 is 0 Å². The van der Waals surface area contributed by atoms with Gasteiger partial charge >= 0.3 is 0 Å². The largest absolute Gasteiger partial charge is 0.393 e. The van der Waals surface area contributed by atoms with E-state index in [2.05, 4.69) is 47.9 Å². The van der Waals surface area contributed by atoms with E-state index in [1.165, 1.54) is 13.8 Å². The molecule has 1 saturated heterocycles. The number of amides is 9. The molecule has 1 aliphatic heterocycles. The maximum Gasteiger partial charge on any atom is 0.245 e. The molecule has 10 atom stereocenters. The van der Waals surface area contributed by atoms with Gasteiger partial charge in [0.2, 0.25) is 53.2 Å². The molecule has 0 aliphatic carbocycles. The predicted molar refractivity (Wildman–Crippen MR) is 245 cm³/mol. The van der Waals surface area contributed by atoms with Crippen molar-refractivity contribution in [3.63, 3.8) is 0 Å². The zero-order valence-corrected chi connectivity index (χ0v) is 38.8. The molecule has 1 aliphatic rings. The molecule has 1 fully saturated rings. The van der Waals surface area contributed by atoms with Gasteiger partial charge in [0.15, 0.2) is 0 Å². The predicted octanol–water partition coefficient (Wildman–Crippen LogP) is -5.78. The molecule has 0 spiro atoms. The van der Waals surface area contributed by atoms with Crippen molar-refractivity contribution in [3.05, 3.63) is 35.9 Å². The quantitative estimate of drug-likeness (QED) is 0.0652. The second-order valence-corrected chi connectivity index (χ2v) is 17.0. The molecule has 1 heterocycles. The summed E-state index contributed by atoms with van der Waals surface area (Å²) in [5.41, 5.74) is 23.8. The van der Waals surface area contributed by atoms with Crippen LogP contribution in [0.15, 0.2) is 30.3 Å². The van der Waals surface area contributed by atoms with E-state index in [0.29, 0.717) is 5.56 Å². The summed E-state index contributed by atoms with van der Waals surface area (Å²) in [5.74, 6) is -7.77. The van der Waals surface area contributed by atoms with Crippen molar-refractivity contribution in [3.8, 4) is 0 Å². The van der Waals surface area contributed by atoms with Crippen molar-refractivity contribution >= 4 is 53.2 Å². The van der Waals surface area contributed by atoms with Crippen LogP contribution in [-0.4, -0.2) is 157 Å². The summed E-state index contributed by atoms with van der Waals surface area (Å²) < 4.78 is 0. The molecule has 0 aromatic heterocycles. The van der Waals surface area contributed by atoms with Gasteiger partial charge in [0.25, 0.3) is 0 Å². The third-order valence-corrected chi connectivity index (χ3v) is 10.5. The van der Waals surface area contributed by atoms with E-state index in [1.807, 2.05) is 0 Å². The normalized spacial score (nSPS) is 24.6. The summed E-state index contributed by atoms with van der Waals surface area (Å²) in [5, 5.41) is 43.4. The van der Waals surface area contributed by atoms with Gasteiger partial charge in [-0.1, -0.05) is 44.2 Å². The monoisotopic (exact) mass is 948 g/mol. The SMILES string of the molecule is CC(C)C[C@@H]1NC(=O)[C@@H](Cc2ccccc2)NC(=O)[C@H](CCN)NC(=O)[C@@H](NC(=O)[C@H](CCN)NC(=O)C[C@@H](C)O)CCNC(=O)[C@H]([C@@H](C)O)NC(=O)[C@H](CCN)NC(=O)[C@H](CCN)NC1=O. The zero-order valence-electron chi connectivity index (χ0n) is 38.8. The summed E-state index contributed by atoms with van der Waals surface area (Å²) in [4.78, 5) is 124. The molecular weight excluding hydrogens is 875 g/mol. The van der Waals surface area contributed by atoms with Crippen LogP contribution in [0.4, 0.5) is 0 Å². The van der Waals surface area contributed by atoms with Crippen LogP contribution in [0.5, 0.6) is 0 Å². The van der Waals surface area contributed by atoms with E-state index in [-0.39, 0.29) is 90.0 Å². The van der Waals surface area contributed by atoms with Crippen molar-refractivity contribution in [2.45, 2.75) is 140 Å². The minimum absolute atomic E-state index is 0.0735. The highest BCUT2D eigenvalue weighted by Crippen LogP contribution is 2.11. The van der Waals surface area contributed by atoms with E-state index < -0.39 is 114 Å². The Labute approximate surface area is 390 Å². The number of benzene rings is 1. The molecule has 24 heteroatoms. The summed E-state index contributed by atoms with van der Waals surface area (Å²) in [6.07, 6.45) is -3.72. The summed E-state index contributed by atoms with van der Waals surface area (Å²) in [7, 11) is 0. The van der Waals surface area contributed by atoms with Crippen molar-refractivity contribution < 1.29 is 53.4 Å². The Morgan fingerprint density at radius 2 is 1.12 bits per heavy atom. The fourth-order valence-electron chi connectivity index (χ4n) is 7.04. The first-order valence-corrected chi connectivity index (χ1v) is 22.6. The summed E-state index contributed by atoms with van der Waals surface area (Å²) in [6, 6.07) is -2.47. The van der Waals surface area contributed by atoms with Crippen LogP contribution in [0.25, 0.3) is 0 Å². The Bertz CT molecular complexity index is 1800. The van der Waals surface area contributed by atoms with E-state index in [0.717, 1.165) is 0 Å². The average Bonchev–Trinajstić information content (AvgIpc) is 3.25. The fraction of sp³-hybridized carbons (Fsp3) is 0.651. The van der Waals surface area contributed by atoms with Gasteiger partial charge in [-0.3, -0.25) is 43.2 Å². The van der Waals surface area contributed by atoms with Crippen LogP contribution in [0.1, 0.15) is 78.2 Å². The minimum Gasteiger partial charge on any atom is -0.393 e. The van der Waals surface area contributed by atoms with Gasteiger partial charge in [0.05, 0.1) is 18.6 Å². The molecule has 24 nitrogen and oxygen atoms in total. The Morgan fingerprint density at radius 3 is 1.61 bits per heavy atom. The van der Waals surface area contributed by atoms with Crippen LogP contribution in [0.3, 0.4) is 0 Å². The molecular formula is C43H73N13O11. The molecule has 376 valence electrons. The number of carbonyl (C=O) groups excluding carboxylic acids is 9. The molecule has 67 heavy (non-hydrogen) atoms. The van der Waals surface area contributed by atoms with Crippen LogP contribution in [0.2, 0.25) is 0 Å². The topological polar surface area (TPSA) is 406 Å². The number of aliphatic hydroxyl groups is 2. The minimum atomic E-state index is -1.62. The molecule has 0 bridgehead atoms. The van der Waals surface area contributed by atoms with Gasteiger partial charge in [-0.2, -0.15) is 0 Å². The first kappa shape index (κ1) is 57.3. The standard InChI is InChI=1S/C43H73N13O11/c1-23(2)20-32-41(65)52-28(11-16-45)37(61)51-30(13-18-47)40(64)56-35(25(4)58)43(67)48-19-14-31(53-36(60)27(10-15-44)49-34(59)21-24(3)57)39(63)50-29(12-17-46)38(62)55-33(42(66)54-32)22-26-8-6-5-7-9-26/h5-9,23-25,27-33,35,57-58H,10-22,44-47H2,1-4H3,(H,48,67)(H,49,59)(H,50,63)(H,51,61)(H,52,65)(H,53,60)(H,54,66)(H,55,62)(H,56,64)/t24-,25-,27+,28+,29+,30+,31+,32+,33-,35+/m1/s1. The van der Waals surface area contributed by atoms with E-state index in [4.69, 9.17) is 22.9 Å². The number of nitrogens with one attached hydrogen (secondary N) is 9. The lowest BCUT2D eigenvalue weighted by molar-refractivity contribution is -0.136. The van der Waals surface area contributed by atoms with Crippen molar-refractivity contribution in [1.29, 1.82) is 0 Å². The van der Waals surface area contributed by atoms with Crippen LogP contribution < -0.4 is 70.8 Å². The highest BCUT2D eigenvalue weighted by molar-refractivity contribution is 5.98. The number of aliphatic hydroxyl groups excluding tert-OH is 2. The first-order chi connectivity index (χ1) is 31.7. The summed E-state index contributed by atoms with van der Waals surface area (Å²) in [6.45, 7) is 5.42. The second-order valence-electron chi connectivity index (χ2n) is 17.0. The van der Waals surface area contributed by atoms with Gasteiger partial charge in [-0.15, -0.1) is 0 Å². The van der Waals surface area contributed by atoms with E-state index in [1.54, 1.807) is 44.2 Å². The molecule has 0 saturated carbocycles. The Kier molecular flexibility index (Phi) is 25.5. The molecule has 0 unspecified atom stereocenters. The maximum atomic E-state index is 14.2. The Morgan fingerprint density at radius 1 is 0.642 bits per heavy atom. The van der Waals surface area contributed by atoms with E-state index in [9.17, 15) is 53.4 Å². The van der Waals surface area contributed by atoms with Crippen molar-refractivity contribution in [2.75, 3.05) is 32.7 Å². The Hall–Kier alpha value is -5.79. The molecule has 0 radical (unpaired) electrons. The number of carbonyl (C=O) groups is 9. The lowest BCUT2D eigenvalue weighted by atomic mass is 10.00. The first-order valence-electron chi connectivity index (χ1n) is 22.6. The smallest absolute Gasteiger partial charge is 0.245 e. The number of hydrogen-bond donors (Lipinski definition) is 15. The van der Waals surface area contributed by atoms with Crippen LogP contribution in [0, 0.1) is 5.92 Å². The maximum absolute atomic E-state index is 14.2. The van der Waals surface area contributed by atoms with Crippen LogP contribution in [-0.2, 0) is 49.6 Å². The molecule has 1 aromatic rings. The van der Waals surface area contributed by atoms with Crippen LogP contribution >= 0.6 is 0 Å². The molecule has 2 rings (SSSR count). The van der Waals surface area contributed by atoms with Gasteiger partial charge in [-0.25, -0.2) is 0 Å². The second kappa shape index (κ2) is 29.8. The number of rotatable bonds is 18. The lowest BCUT2D eigenvalue weighted by Crippen LogP contribution is -2.61.